The maximum atomic E-state index is 6.40. The molecule has 10 aromatic carbocycles. The molecule has 0 radical (unpaired) electrons. The number of para-hydroxylation sites is 5. The molecule has 0 bridgehead atoms. The van der Waals surface area contributed by atoms with Crippen LogP contribution in [-0.2, 0) is 0 Å². The molecule has 0 fully saturated rings. The Morgan fingerprint density at radius 1 is 0.270 bits per heavy atom. The number of rotatable bonds is 7. The molecule has 3 aromatic heterocycles. The third kappa shape index (κ3) is 5.71. The van der Waals surface area contributed by atoms with Gasteiger partial charge >= 0.3 is 0 Å². The van der Waals surface area contributed by atoms with E-state index in [1.54, 1.807) is 0 Å². The molecule has 63 heavy (non-hydrogen) atoms. The van der Waals surface area contributed by atoms with Crippen molar-refractivity contribution in [3.8, 4) is 5.69 Å². The molecule has 0 saturated heterocycles. The molecular weight excluding hydrogens is 771 g/mol. The van der Waals surface area contributed by atoms with E-state index >= 15 is 0 Å². The molecular formula is C58H37N3O2. The van der Waals surface area contributed by atoms with Crippen LogP contribution in [0.25, 0.3) is 82.1 Å². The average Bonchev–Trinajstić information content (AvgIpc) is 4.00. The zero-order valence-electron chi connectivity index (χ0n) is 34.0. The van der Waals surface area contributed by atoms with Crippen LogP contribution in [0.3, 0.4) is 0 Å². The van der Waals surface area contributed by atoms with E-state index in [0.717, 1.165) is 100 Å². The molecule has 13 aromatic rings. The fourth-order valence-electron chi connectivity index (χ4n) is 9.63. The molecule has 0 spiro atoms. The van der Waals surface area contributed by atoms with Crippen LogP contribution >= 0.6 is 0 Å². The Labute approximate surface area is 362 Å². The molecule has 0 aliphatic carbocycles. The molecule has 3 heterocycles. The van der Waals surface area contributed by atoms with Gasteiger partial charge in [-0.1, -0.05) is 103 Å². The Kier molecular flexibility index (Phi) is 7.84. The van der Waals surface area contributed by atoms with Crippen molar-refractivity contribution >= 4 is 111 Å². The van der Waals surface area contributed by atoms with Gasteiger partial charge in [-0.25, -0.2) is 0 Å². The highest BCUT2D eigenvalue weighted by atomic mass is 16.3. The number of hydrogen-bond donors (Lipinski definition) is 0. The topological polar surface area (TPSA) is 37.7 Å². The van der Waals surface area contributed by atoms with Crippen molar-refractivity contribution in [2.24, 2.45) is 0 Å². The van der Waals surface area contributed by atoms with Crippen LogP contribution in [0.5, 0.6) is 0 Å². The zero-order valence-corrected chi connectivity index (χ0v) is 34.0. The minimum atomic E-state index is 0.862. The Bertz CT molecular complexity index is 3870. The first-order valence-electron chi connectivity index (χ1n) is 21.3. The molecule has 0 aliphatic rings. The minimum Gasteiger partial charge on any atom is -0.456 e. The summed E-state index contributed by atoms with van der Waals surface area (Å²) in [5, 5.41) is 9.17. The summed E-state index contributed by atoms with van der Waals surface area (Å²) in [4.78, 5) is 4.64. The van der Waals surface area contributed by atoms with E-state index < -0.39 is 0 Å². The largest absolute Gasteiger partial charge is 0.456 e. The molecule has 13 rings (SSSR count). The van der Waals surface area contributed by atoms with Gasteiger partial charge in [-0.3, -0.25) is 0 Å². The summed E-state index contributed by atoms with van der Waals surface area (Å²) in [6.45, 7) is 0. The van der Waals surface area contributed by atoms with E-state index in [9.17, 15) is 0 Å². The lowest BCUT2D eigenvalue weighted by molar-refractivity contribution is 0.668. The molecule has 0 atom stereocenters. The highest BCUT2D eigenvalue weighted by Crippen LogP contribution is 2.44. The second kappa shape index (κ2) is 14.0. The van der Waals surface area contributed by atoms with Gasteiger partial charge < -0.3 is 23.2 Å². The van der Waals surface area contributed by atoms with Crippen molar-refractivity contribution < 1.29 is 8.83 Å². The van der Waals surface area contributed by atoms with Crippen LogP contribution in [0.1, 0.15) is 0 Å². The first kappa shape index (κ1) is 35.2. The monoisotopic (exact) mass is 807 g/mol. The molecule has 0 saturated carbocycles. The fraction of sp³-hybridized carbons (Fsp3) is 0. The molecule has 5 nitrogen and oxygen atoms in total. The summed E-state index contributed by atoms with van der Waals surface area (Å²) in [6, 6.07) is 79.8. The lowest BCUT2D eigenvalue weighted by Gasteiger charge is -2.25. The minimum absolute atomic E-state index is 0.862. The first-order valence-corrected chi connectivity index (χ1v) is 21.3. The number of benzene rings is 10. The summed E-state index contributed by atoms with van der Waals surface area (Å²) in [7, 11) is 0. The van der Waals surface area contributed by atoms with Gasteiger partial charge in [0.25, 0.3) is 0 Å². The van der Waals surface area contributed by atoms with Gasteiger partial charge in [-0.2, -0.15) is 0 Å². The van der Waals surface area contributed by atoms with Crippen LogP contribution in [0.2, 0.25) is 0 Å². The third-order valence-corrected chi connectivity index (χ3v) is 12.5. The van der Waals surface area contributed by atoms with Crippen molar-refractivity contribution in [1.82, 2.24) is 4.57 Å². The predicted molar refractivity (Wildman–Crippen MR) is 262 cm³/mol. The summed E-state index contributed by atoms with van der Waals surface area (Å²) in [5.74, 6) is 0. The zero-order chi connectivity index (χ0) is 41.4. The van der Waals surface area contributed by atoms with Gasteiger partial charge in [0.15, 0.2) is 0 Å². The Morgan fingerprint density at radius 2 is 0.714 bits per heavy atom. The number of anilines is 6. The van der Waals surface area contributed by atoms with Crippen molar-refractivity contribution in [3.05, 3.63) is 224 Å². The second-order valence-corrected chi connectivity index (χ2v) is 16.2. The van der Waals surface area contributed by atoms with Gasteiger partial charge in [-0.15, -0.1) is 0 Å². The molecule has 0 aliphatic heterocycles. The molecule has 296 valence electrons. The van der Waals surface area contributed by atoms with Gasteiger partial charge in [0.1, 0.15) is 22.3 Å². The van der Waals surface area contributed by atoms with Gasteiger partial charge in [0.2, 0.25) is 0 Å². The number of furan rings is 2. The van der Waals surface area contributed by atoms with E-state index in [2.05, 4.69) is 215 Å². The lowest BCUT2D eigenvalue weighted by atomic mass is 10.0. The van der Waals surface area contributed by atoms with Crippen molar-refractivity contribution in [3.63, 3.8) is 0 Å². The van der Waals surface area contributed by atoms with Gasteiger partial charge in [0, 0.05) is 84.3 Å². The maximum Gasteiger partial charge on any atom is 0.137 e. The van der Waals surface area contributed by atoms with E-state index in [0.29, 0.717) is 0 Å². The lowest BCUT2D eigenvalue weighted by Crippen LogP contribution is -2.10. The Hall–Kier alpha value is -8.54. The van der Waals surface area contributed by atoms with Gasteiger partial charge in [0.05, 0.1) is 11.0 Å². The van der Waals surface area contributed by atoms with Crippen molar-refractivity contribution in [2.75, 3.05) is 9.80 Å². The number of aromatic nitrogens is 1. The van der Waals surface area contributed by atoms with Crippen LogP contribution in [0, 0.1) is 0 Å². The number of fused-ring (bicyclic) bond motifs is 10. The Morgan fingerprint density at radius 3 is 1.30 bits per heavy atom. The standard InChI is InChI=1S/C58H37N3O2/c1-4-14-40(15-5-1)59(45-27-30-50-48-20-10-12-22-55(48)62-57(50)36-45)43-25-24-38-33-52-47-29-26-44(35-54(47)61(42-18-8-3-9-19-42)53(52)34-39(38)32-43)60(41-16-6-2-7-17-41)46-28-31-51-49-21-11-13-23-56(49)63-58(51)37-46/h1-37H. The highest BCUT2D eigenvalue weighted by Gasteiger charge is 2.21. The quantitative estimate of drug-likeness (QED) is 0.161. The van der Waals surface area contributed by atoms with Crippen LogP contribution in [0.15, 0.2) is 233 Å². The first-order chi connectivity index (χ1) is 31.2. The highest BCUT2D eigenvalue weighted by molar-refractivity contribution is 6.15. The second-order valence-electron chi connectivity index (χ2n) is 16.2. The van der Waals surface area contributed by atoms with Crippen LogP contribution in [0.4, 0.5) is 34.1 Å². The van der Waals surface area contributed by atoms with Crippen LogP contribution < -0.4 is 9.80 Å². The van der Waals surface area contributed by atoms with Crippen LogP contribution in [-0.4, -0.2) is 4.57 Å². The fourth-order valence-corrected chi connectivity index (χ4v) is 9.63. The molecule has 5 heteroatoms. The predicted octanol–water partition coefficient (Wildman–Crippen LogP) is 16.7. The third-order valence-electron chi connectivity index (χ3n) is 12.5. The summed E-state index contributed by atoms with van der Waals surface area (Å²) in [6.07, 6.45) is 0. The number of nitrogens with zero attached hydrogens (tertiary/aromatic N) is 3. The molecule has 0 amide bonds. The molecule has 0 unspecified atom stereocenters. The van der Waals surface area contributed by atoms with Crippen molar-refractivity contribution in [2.45, 2.75) is 0 Å². The Balaban J connectivity index is 0.996. The summed E-state index contributed by atoms with van der Waals surface area (Å²) >= 11 is 0. The summed E-state index contributed by atoms with van der Waals surface area (Å²) < 4.78 is 15.2. The van der Waals surface area contributed by atoms with E-state index in [-0.39, 0.29) is 0 Å². The average molecular weight is 808 g/mol. The maximum absolute atomic E-state index is 6.40. The van der Waals surface area contributed by atoms with E-state index in [1.807, 2.05) is 24.3 Å². The number of hydrogen-bond acceptors (Lipinski definition) is 4. The van der Waals surface area contributed by atoms with Crippen molar-refractivity contribution in [1.29, 1.82) is 0 Å². The normalized spacial score (nSPS) is 11.8. The SMILES string of the molecule is c1ccc(N(c2ccc3cc4c5ccc(N(c6ccccc6)c6ccc7c(c6)oc6ccccc67)cc5n(-c5ccccc5)c4cc3c2)c2ccc3c(c2)oc2ccccc23)cc1. The molecule has 0 N–H and O–H groups in total. The van der Waals surface area contributed by atoms with Gasteiger partial charge in [-0.05, 0) is 120 Å². The van der Waals surface area contributed by atoms with E-state index in [1.165, 1.54) is 16.2 Å². The van der Waals surface area contributed by atoms with E-state index in [4.69, 9.17) is 8.83 Å². The summed E-state index contributed by atoms with van der Waals surface area (Å²) in [5.41, 5.74) is 13.2. The smallest absolute Gasteiger partial charge is 0.137 e.